The summed E-state index contributed by atoms with van der Waals surface area (Å²) in [6.45, 7) is 4.30. The highest BCUT2D eigenvalue weighted by Gasteiger charge is 2.21. The van der Waals surface area contributed by atoms with E-state index in [0.29, 0.717) is 6.04 Å². The number of anilines is 2. The molecule has 1 aliphatic carbocycles. The maximum Gasteiger partial charge on any atom is 0.140 e. The van der Waals surface area contributed by atoms with Crippen LogP contribution in [0.15, 0.2) is 10.7 Å². The number of nitrogen functional groups attached to an aromatic ring is 1. The van der Waals surface area contributed by atoms with Crippen molar-refractivity contribution in [3.05, 3.63) is 16.2 Å². The second-order valence-corrected chi connectivity index (χ2v) is 6.44. The number of rotatable bonds is 4. The Kier molecular flexibility index (Phi) is 5.08. The molecule has 1 aliphatic rings. The lowest BCUT2D eigenvalue weighted by atomic mass is 9.83. The van der Waals surface area contributed by atoms with E-state index in [1.807, 2.05) is 6.92 Å². The molecule has 1 fully saturated rings. The van der Waals surface area contributed by atoms with Crippen LogP contribution in [-0.2, 0) is 0 Å². The van der Waals surface area contributed by atoms with E-state index in [0.717, 1.165) is 27.5 Å². The Hall–Kier alpha value is -0.770. The number of hydrogen-bond donors (Lipinski definition) is 2. The zero-order valence-corrected chi connectivity index (χ0v) is 13.5. The van der Waals surface area contributed by atoms with Gasteiger partial charge in [-0.05, 0) is 60.0 Å². The van der Waals surface area contributed by atoms with Crippen molar-refractivity contribution in [1.29, 1.82) is 0 Å². The molecule has 0 bridgehead atoms. The predicted octanol–water partition coefficient (Wildman–Crippen LogP) is 4.51. The van der Waals surface area contributed by atoms with Crippen molar-refractivity contribution >= 4 is 27.4 Å². The van der Waals surface area contributed by atoms with Crippen LogP contribution in [-0.4, -0.2) is 11.0 Å². The Morgan fingerprint density at radius 2 is 2.05 bits per heavy atom. The normalized spacial score (nSPS) is 23.3. The number of hydrogen-bond acceptors (Lipinski definition) is 3. The van der Waals surface area contributed by atoms with Crippen molar-refractivity contribution in [1.82, 2.24) is 4.98 Å². The molecular formula is C15H24BrN3. The van der Waals surface area contributed by atoms with E-state index in [1.165, 1.54) is 38.5 Å². The van der Waals surface area contributed by atoms with Gasteiger partial charge in [-0.25, -0.2) is 4.98 Å². The minimum absolute atomic E-state index is 0.555. The monoisotopic (exact) mass is 325 g/mol. The number of nitrogens with one attached hydrogen (secondary N) is 1. The van der Waals surface area contributed by atoms with Crippen molar-refractivity contribution < 1.29 is 0 Å². The van der Waals surface area contributed by atoms with Gasteiger partial charge in [0.25, 0.3) is 0 Å². The third-order valence-electron chi connectivity index (χ3n) is 4.19. The summed E-state index contributed by atoms with van der Waals surface area (Å²) in [7, 11) is 0. The van der Waals surface area contributed by atoms with Crippen molar-refractivity contribution in [2.45, 2.75) is 58.4 Å². The number of nitrogens with two attached hydrogens (primary N) is 1. The Bertz CT molecular complexity index is 426. The fourth-order valence-electron chi connectivity index (χ4n) is 2.89. The molecule has 1 aromatic heterocycles. The highest BCUT2D eigenvalue weighted by Crippen LogP contribution is 2.32. The molecule has 1 saturated carbocycles. The van der Waals surface area contributed by atoms with Gasteiger partial charge in [0.2, 0.25) is 0 Å². The van der Waals surface area contributed by atoms with Gasteiger partial charge in [0.05, 0.1) is 16.4 Å². The van der Waals surface area contributed by atoms with Crippen LogP contribution in [0.4, 0.5) is 11.5 Å². The molecular weight excluding hydrogens is 302 g/mol. The summed E-state index contributed by atoms with van der Waals surface area (Å²) in [5.41, 5.74) is 7.66. The maximum atomic E-state index is 5.85. The fourth-order valence-corrected chi connectivity index (χ4v) is 3.34. The van der Waals surface area contributed by atoms with Gasteiger partial charge in [-0.2, -0.15) is 0 Å². The largest absolute Gasteiger partial charge is 0.397 e. The molecule has 0 spiro atoms. The molecule has 2 rings (SSSR count). The molecule has 0 radical (unpaired) electrons. The topological polar surface area (TPSA) is 50.9 Å². The Morgan fingerprint density at radius 1 is 1.37 bits per heavy atom. The van der Waals surface area contributed by atoms with Gasteiger partial charge in [-0.3, -0.25) is 0 Å². The third kappa shape index (κ3) is 3.62. The SMILES string of the molecule is CCCC1CCC(Nc2ncc(N)c(C)c2Br)CC1. The van der Waals surface area contributed by atoms with E-state index >= 15 is 0 Å². The zero-order valence-electron chi connectivity index (χ0n) is 11.9. The van der Waals surface area contributed by atoms with Crippen LogP contribution in [0.2, 0.25) is 0 Å². The summed E-state index contributed by atoms with van der Waals surface area (Å²) in [5.74, 6) is 1.87. The predicted molar refractivity (Wildman–Crippen MR) is 85.4 cm³/mol. The summed E-state index contributed by atoms with van der Waals surface area (Å²) in [6, 6.07) is 0.555. The van der Waals surface area contributed by atoms with Crippen molar-refractivity contribution in [2.24, 2.45) is 5.92 Å². The molecule has 1 heterocycles. The van der Waals surface area contributed by atoms with Gasteiger partial charge in [0.1, 0.15) is 5.82 Å². The lowest BCUT2D eigenvalue weighted by Gasteiger charge is -2.29. The summed E-state index contributed by atoms with van der Waals surface area (Å²) in [4.78, 5) is 4.41. The molecule has 0 atom stereocenters. The quantitative estimate of drug-likeness (QED) is 0.856. The van der Waals surface area contributed by atoms with Gasteiger partial charge in [-0.1, -0.05) is 19.8 Å². The summed E-state index contributed by atoms with van der Waals surface area (Å²) < 4.78 is 1.00. The van der Waals surface area contributed by atoms with Gasteiger partial charge in [0.15, 0.2) is 0 Å². The number of nitrogens with zero attached hydrogens (tertiary/aromatic N) is 1. The molecule has 3 nitrogen and oxygen atoms in total. The molecule has 3 N–H and O–H groups in total. The van der Waals surface area contributed by atoms with E-state index in [9.17, 15) is 0 Å². The second kappa shape index (κ2) is 6.60. The Labute approximate surface area is 124 Å². The lowest BCUT2D eigenvalue weighted by Crippen LogP contribution is -2.26. The fraction of sp³-hybridized carbons (Fsp3) is 0.667. The average Bonchev–Trinajstić information content (AvgIpc) is 2.42. The van der Waals surface area contributed by atoms with Crippen LogP contribution in [0.1, 0.15) is 51.0 Å². The molecule has 4 heteroatoms. The molecule has 0 aromatic carbocycles. The van der Waals surface area contributed by atoms with Crippen LogP contribution >= 0.6 is 15.9 Å². The molecule has 19 heavy (non-hydrogen) atoms. The minimum atomic E-state index is 0.555. The van der Waals surface area contributed by atoms with Crippen molar-refractivity contribution in [3.8, 4) is 0 Å². The third-order valence-corrected chi connectivity index (χ3v) is 5.16. The first-order chi connectivity index (χ1) is 9.11. The zero-order chi connectivity index (χ0) is 13.8. The maximum absolute atomic E-state index is 5.85. The van der Waals surface area contributed by atoms with Crippen molar-refractivity contribution in [3.63, 3.8) is 0 Å². The molecule has 1 aromatic rings. The van der Waals surface area contributed by atoms with Crippen LogP contribution in [0.5, 0.6) is 0 Å². The summed E-state index contributed by atoms with van der Waals surface area (Å²) in [6.07, 6.45) is 9.63. The molecule has 106 valence electrons. The first-order valence-electron chi connectivity index (χ1n) is 7.29. The minimum Gasteiger partial charge on any atom is -0.397 e. The van der Waals surface area contributed by atoms with E-state index in [2.05, 4.69) is 33.2 Å². The summed E-state index contributed by atoms with van der Waals surface area (Å²) >= 11 is 3.59. The first kappa shape index (κ1) is 14.6. The number of pyridine rings is 1. The average molecular weight is 326 g/mol. The molecule has 0 amide bonds. The number of halogens is 1. The summed E-state index contributed by atoms with van der Waals surface area (Å²) in [5, 5.41) is 3.57. The van der Waals surface area contributed by atoms with Gasteiger partial charge in [0, 0.05) is 6.04 Å². The van der Waals surface area contributed by atoms with Crippen LogP contribution in [0, 0.1) is 12.8 Å². The highest BCUT2D eigenvalue weighted by atomic mass is 79.9. The van der Waals surface area contributed by atoms with Crippen LogP contribution in [0.25, 0.3) is 0 Å². The van der Waals surface area contributed by atoms with Gasteiger partial charge < -0.3 is 11.1 Å². The lowest BCUT2D eigenvalue weighted by molar-refractivity contribution is 0.318. The molecule has 0 saturated heterocycles. The molecule has 0 unspecified atom stereocenters. The van der Waals surface area contributed by atoms with E-state index < -0.39 is 0 Å². The first-order valence-corrected chi connectivity index (χ1v) is 8.08. The Balaban J connectivity index is 1.94. The van der Waals surface area contributed by atoms with Crippen LogP contribution < -0.4 is 11.1 Å². The second-order valence-electron chi connectivity index (χ2n) is 5.65. The van der Waals surface area contributed by atoms with Crippen molar-refractivity contribution in [2.75, 3.05) is 11.1 Å². The van der Waals surface area contributed by atoms with Crippen LogP contribution in [0.3, 0.4) is 0 Å². The van der Waals surface area contributed by atoms with Gasteiger partial charge >= 0.3 is 0 Å². The van der Waals surface area contributed by atoms with E-state index in [4.69, 9.17) is 5.73 Å². The highest BCUT2D eigenvalue weighted by molar-refractivity contribution is 9.10. The smallest absolute Gasteiger partial charge is 0.140 e. The number of aromatic nitrogens is 1. The molecule has 0 aliphatic heterocycles. The van der Waals surface area contributed by atoms with E-state index in [-0.39, 0.29) is 0 Å². The van der Waals surface area contributed by atoms with Gasteiger partial charge in [-0.15, -0.1) is 0 Å². The Morgan fingerprint density at radius 3 is 2.68 bits per heavy atom. The van der Waals surface area contributed by atoms with E-state index in [1.54, 1.807) is 6.20 Å². The standard InChI is InChI=1S/C15H24BrN3/c1-3-4-11-5-7-12(8-6-11)19-15-14(16)10(2)13(17)9-18-15/h9,11-12H,3-8,17H2,1-2H3,(H,18,19).